The molecule has 2 aromatic rings. The van der Waals surface area contributed by atoms with E-state index in [4.69, 9.17) is 4.74 Å². The number of aliphatic imine (C=N–C) groups is 1. The highest BCUT2D eigenvalue weighted by atomic mass is 79.9. The maximum atomic E-state index is 5.38. The molecule has 0 aliphatic carbocycles. The van der Waals surface area contributed by atoms with Crippen LogP contribution in [0.1, 0.15) is 12.5 Å². The minimum absolute atomic E-state index is 0.817. The van der Waals surface area contributed by atoms with Crippen molar-refractivity contribution in [2.45, 2.75) is 6.92 Å². The second-order valence-corrected chi connectivity index (χ2v) is 7.00. The van der Waals surface area contributed by atoms with Crippen molar-refractivity contribution in [1.82, 2.24) is 4.90 Å². The fraction of sp³-hybridized carbons (Fsp3) is 0.350. The van der Waals surface area contributed by atoms with Crippen LogP contribution in [0.5, 0.6) is 5.75 Å². The lowest BCUT2D eigenvalue weighted by atomic mass is 10.2. The summed E-state index contributed by atoms with van der Waals surface area (Å²) in [6, 6.07) is 14.4. The molecule has 3 rings (SSSR count). The lowest BCUT2D eigenvalue weighted by molar-refractivity contribution is 0.271. The maximum Gasteiger partial charge on any atom is 0.127 e. The van der Waals surface area contributed by atoms with Crippen molar-refractivity contribution in [2.75, 3.05) is 44.7 Å². The van der Waals surface area contributed by atoms with E-state index in [9.17, 15) is 0 Å². The van der Waals surface area contributed by atoms with Gasteiger partial charge in [0, 0.05) is 48.1 Å². The zero-order chi connectivity index (χ0) is 17.6. The number of anilines is 1. The molecule has 1 aliphatic rings. The molecule has 1 fully saturated rings. The molecule has 5 heteroatoms. The molecule has 4 nitrogen and oxygen atoms in total. The number of nitrogens with zero attached hydrogens (tertiary/aromatic N) is 3. The van der Waals surface area contributed by atoms with Crippen LogP contribution in [0.25, 0.3) is 0 Å². The monoisotopic (exact) mass is 401 g/mol. The van der Waals surface area contributed by atoms with Crippen molar-refractivity contribution < 1.29 is 4.74 Å². The number of benzene rings is 2. The molecule has 1 aliphatic heterocycles. The van der Waals surface area contributed by atoms with Crippen molar-refractivity contribution in [3.05, 3.63) is 52.5 Å². The van der Waals surface area contributed by atoms with Crippen molar-refractivity contribution in [1.29, 1.82) is 0 Å². The standard InChI is InChI=1S/C20H24BrN3O/c1-3-23-10-12-24(13-11-23)19-7-5-18(6-8-19)22-15-16-14-17(21)4-9-20(16)25-2/h4-9,14-15H,3,10-13H2,1-2H3. The quantitative estimate of drug-likeness (QED) is 0.697. The van der Waals surface area contributed by atoms with Gasteiger partial charge in [0.1, 0.15) is 5.75 Å². The van der Waals surface area contributed by atoms with Crippen molar-refractivity contribution in [3.8, 4) is 5.75 Å². The Bertz CT molecular complexity index is 722. The fourth-order valence-electron chi connectivity index (χ4n) is 3.02. The first-order valence-electron chi connectivity index (χ1n) is 8.64. The molecule has 0 radical (unpaired) electrons. The number of hydrogen-bond acceptors (Lipinski definition) is 4. The van der Waals surface area contributed by atoms with Crippen molar-refractivity contribution in [2.24, 2.45) is 4.99 Å². The third-order valence-electron chi connectivity index (χ3n) is 4.58. The van der Waals surface area contributed by atoms with E-state index in [1.807, 2.05) is 24.4 Å². The normalized spacial score (nSPS) is 15.7. The van der Waals surface area contributed by atoms with Crippen LogP contribution in [-0.2, 0) is 0 Å². The predicted molar refractivity (Wildman–Crippen MR) is 109 cm³/mol. The first-order valence-corrected chi connectivity index (χ1v) is 9.44. The average Bonchev–Trinajstić information content (AvgIpc) is 2.67. The summed E-state index contributed by atoms with van der Waals surface area (Å²) in [5.41, 5.74) is 3.17. The fourth-order valence-corrected chi connectivity index (χ4v) is 3.40. The molecule has 0 unspecified atom stereocenters. The first-order chi connectivity index (χ1) is 12.2. The molecule has 25 heavy (non-hydrogen) atoms. The molecular formula is C20H24BrN3O. The second-order valence-electron chi connectivity index (χ2n) is 6.08. The minimum Gasteiger partial charge on any atom is -0.496 e. The molecule has 1 heterocycles. The molecular weight excluding hydrogens is 378 g/mol. The Morgan fingerprint density at radius 3 is 2.44 bits per heavy atom. The van der Waals surface area contributed by atoms with E-state index >= 15 is 0 Å². The topological polar surface area (TPSA) is 28.1 Å². The number of likely N-dealkylation sites (N-methyl/N-ethyl adjacent to an activating group) is 1. The van der Waals surface area contributed by atoms with E-state index in [2.05, 4.69) is 61.9 Å². The minimum atomic E-state index is 0.817. The highest BCUT2D eigenvalue weighted by molar-refractivity contribution is 9.10. The van der Waals surface area contributed by atoms with E-state index in [1.165, 1.54) is 5.69 Å². The molecule has 0 atom stereocenters. The van der Waals surface area contributed by atoms with Gasteiger partial charge in [0.25, 0.3) is 0 Å². The van der Waals surface area contributed by atoms with Crippen LogP contribution >= 0.6 is 15.9 Å². The number of ether oxygens (including phenoxy) is 1. The van der Waals surface area contributed by atoms with Gasteiger partial charge in [0.15, 0.2) is 0 Å². The van der Waals surface area contributed by atoms with E-state index in [0.717, 1.165) is 54.2 Å². The summed E-state index contributed by atoms with van der Waals surface area (Å²) in [6.07, 6.45) is 1.85. The van der Waals surface area contributed by atoms with Crippen LogP contribution in [0.4, 0.5) is 11.4 Å². The number of methoxy groups -OCH3 is 1. The molecule has 0 bridgehead atoms. The van der Waals surface area contributed by atoms with E-state index in [-0.39, 0.29) is 0 Å². The summed E-state index contributed by atoms with van der Waals surface area (Å²) in [5.74, 6) is 0.817. The Morgan fingerprint density at radius 2 is 1.80 bits per heavy atom. The summed E-state index contributed by atoms with van der Waals surface area (Å²) >= 11 is 3.49. The molecule has 0 N–H and O–H groups in total. The van der Waals surface area contributed by atoms with E-state index in [0.29, 0.717) is 0 Å². The van der Waals surface area contributed by atoms with Crippen molar-refractivity contribution >= 4 is 33.5 Å². The number of piperazine rings is 1. The van der Waals surface area contributed by atoms with Gasteiger partial charge in [-0.1, -0.05) is 22.9 Å². The summed E-state index contributed by atoms with van der Waals surface area (Å²) < 4.78 is 6.39. The smallest absolute Gasteiger partial charge is 0.127 e. The molecule has 0 aromatic heterocycles. The zero-order valence-corrected chi connectivity index (χ0v) is 16.4. The molecule has 0 saturated carbocycles. The maximum absolute atomic E-state index is 5.38. The van der Waals surface area contributed by atoms with Gasteiger partial charge in [-0.25, -0.2) is 0 Å². The second kappa shape index (κ2) is 8.50. The van der Waals surface area contributed by atoms with Gasteiger partial charge in [0.05, 0.1) is 12.8 Å². The van der Waals surface area contributed by atoms with Gasteiger partial charge in [0.2, 0.25) is 0 Å². The summed E-state index contributed by atoms with van der Waals surface area (Å²) in [4.78, 5) is 9.51. The number of rotatable bonds is 5. The van der Waals surface area contributed by atoms with Gasteiger partial charge in [-0.2, -0.15) is 0 Å². The summed E-state index contributed by atoms with van der Waals surface area (Å²) in [5, 5.41) is 0. The highest BCUT2D eigenvalue weighted by Gasteiger charge is 2.15. The molecule has 132 valence electrons. The Kier molecular flexibility index (Phi) is 6.10. The van der Waals surface area contributed by atoms with Crippen LogP contribution in [0.3, 0.4) is 0 Å². The van der Waals surface area contributed by atoms with Crippen LogP contribution < -0.4 is 9.64 Å². The molecule has 1 saturated heterocycles. The van der Waals surface area contributed by atoms with Gasteiger partial charge in [-0.15, -0.1) is 0 Å². The summed E-state index contributed by atoms with van der Waals surface area (Å²) in [6.45, 7) is 7.82. The SMILES string of the molecule is CCN1CCN(c2ccc(N=Cc3cc(Br)ccc3OC)cc2)CC1. The largest absolute Gasteiger partial charge is 0.496 e. The van der Waals surface area contributed by atoms with Gasteiger partial charge < -0.3 is 14.5 Å². The van der Waals surface area contributed by atoms with E-state index in [1.54, 1.807) is 7.11 Å². The third kappa shape index (κ3) is 4.61. The van der Waals surface area contributed by atoms with Crippen LogP contribution in [0.2, 0.25) is 0 Å². The van der Waals surface area contributed by atoms with Gasteiger partial charge in [-0.3, -0.25) is 4.99 Å². The Hall–Kier alpha value is -1.85. The lowest BCUT2D eigenvalue weighted by Gasteiger charge is -2.35. The lowest BCUT2D eigenvalue weighted by Crippen LogP contribution is -2.46. The first kappa shape index (κ1) is 18.0. The van der Waals surface area contributed by atoms with Crippen molar-refractivity contribution in [3.63, 3.8) is 0 Å². The van der Waals surface area contributed by atoms with Crippen LogP contribution in [-0.4, -0.2) is 50.9 Å². The predicted octanol–water partition coefficient (Wildman–Crippen LogP) is 4.35. The Balaban J connectivity index is 1.68. The zero-order valence-electron chi connectivity index (χ0n) is 14.8. The molecule has 2 aromatic carbocycles. The Morgan fingerprint density at radius 1 is 1.08 bits per heavy atom. The van der Waals surface area contributed by atoms with Crippen LogP contribution in [0.15, 0.2) is 51.9 Å². The number of halogens is 1. The van der Waals surface area contributed by atoms with Gasteiger partial charge in [-0.05, 0) is 49.0 Å². The van der Waals surface area contributed by atoms with E-state index < -0.39 is 0 Å². The molecule has 0 spiro atoms. The highest BCUT2D eigenvalue weighted by Crippen LogP contribution is 2.24. The van der Waals surface area contributed by atoms with Crippen LogP contribution in [0, 0.1) is 0 Å². The van der Waals surface area contributed by atoms with Gasteiger partial charge >= 0.3 is 0 Å². The average molecular weight is 402 g/mol. The summed E-state index contributed by atoms with van der Waals surface area (Å²) in [7, 11) is 1.67. The third-order valence-corrected chi connectivity index (χ3v) is 5.07. The Labute approximate surface area is 158 Å². The number of hydrogen-bond donors (Lipinski definition) is 0. The molecule has 0 amide bonds.